The molecule has 6 nitrogen and oxygen atoms in total. The van der Waals surface area contributed by atoms with Crippen LogP contribution in [0.4, 0.5) is 5.82 Å². The Bertz CT molecular complexity index is 1400. The van der Waals surface area contributed by atoms with Crippen LogP contribution >= 0.6 is 0 Å². The van der Waals surface area contributed by atoms with E-state index in [1.807, 2.05) is 44.2 Å². The Balaban J connectivity index is 0.000000491. The van der Waals surface area contributed by atoms with Gasteiger partial charge in [0, 0.05) is 36.9 Å². The highest BCUT2D eigenvalue weighted by atomic mass is 16.3. The van der Waals surface area contributed by atoms with E-state index in [0.29, 0.717) is 28.6 Å². The molecule has 1 aliphatic rings. The first-order valence-electron chi connectivity index (χ1n) is 14.3. The Morgan fingerprint density at radius 2 is 1.55 bits per heavy atom. The summed E-state index contributed by atoms with van der Waals surface area (Å²) >= 11 is 0. The van der Waals surface area contributed by atoms with Crippen molar-refractivity contribution in [1.82, 2.24) is 14.8 Å². The third-order valence-corrected chi connectivity index (χ3v) is 7.47. The first-order chi connectivity index (χ1) is 19.1. The minimum atomic E-state index is -0.0369. The lowest BCUT2D eigenvalue weighted by Gasteiger charge is -2.21. The number of hydrogen-bond acceptors (Lipinski definition) is 6. The number of benzene rings is 2. The second-order valence-corrected chi connectivity index (χ2v) is 10.9. The van der Waals surface area contributed by atoms with Crippen LogP contribution in [0, 0.1) is 6.92 Å². The maximum Gasteiger partial charge on any atom is 0.200 e. The van der Waals surface area contributed by atoms with Crippen LogP contribution in [0.25, 0.3) is 33.2 Å². The van der Waals surface area contributed by atoms with E-state index in [-0.39, 0.29) is 5.43 Å². The number of nitrogens with zero attached hydrogens (tertiary/aromatic N) is 4. The predicted octanol–water partition coefficient (Wildman–Crippen LogP) is 6.95. The zero-order valence-corrected chi connectivity index (χ0v) is 25.7. The number of rotatable bonds is 5. The molecule has 3 heterocycles. The van der Waals surface area contributed by atoms with Gasteiger partial charge < -0.3 is 19.1 Å². The van der Waals surface area contributed by atoms with Crippen molar-refractivity contribution >= 4 is 16.8 Å². The molecule has 4 aromatic rings. The molecule has 1 aliphatic heterocycles. The van der Waals surface area contributed by atoms with Crippen molar-refractivity contribution in [2.45, 2.75) is 53.1 Å². The van der Waals surface area contributed by atoms with Crippen LogP contribution in [0.3, 0.4) is 0 Å². The monoisotopic (exact) mass is 542 g/mol. The summed E-state index contributed by atoms with van der Waals surface area (Å²) in [6.07, 6.45) is 4.46. The van der Waals surface area contributed by atoms with E-state index in [4.69, 9.17) is 4.42 Å². The maximum atomic E-state index is 13.2. The first-order valence-corrected chi connectivity index (χ1v) is 14.3. The summed E-state index contributed by atoms with van der Waals surface area (Å²) in [4.78, 5) is 24.5. The summed E-state index contributed by atoms with van der Waals surface area (Å²) in [5, 5.41) is 0.579. The smallest absolute Gasteiger partial charge is 0.200 e. The highest BCUT2D eigenvalue weighted by Gasteiger charge is 2.24. The van der Waals surface area contributed by atoms with Crippen molar-refractivity contribution in [2.24, 2.45) is 0 Å². The van der Waals surface area contributed by atoms with Gasteiger partial charge in [0.1, 0.15) is 17.7 Å². The maximum absolute atomic E-state index is 13.2. The highest BCUT2D eigenvalue weighted by molar-refractivity contribution is 5.85. The van der Waals surface area contributed by atoms with E-state index >= 15 is 0 Å². The number of aromatic nitrogens is 1. The SMILES string of the molecule is CC.CC(C)N(C)C.Cc1ccc(-c2ccc3c(=O)c(-c4ccc(N5CCC(N(C)C)C5)nc4)coc3c2)cc1. The molecule has 6 heteroatoms. The Hall–Kier alpha value is -3.48. The predicted molar refractivity (Wildman–Crippen MR) is 170 cm³/mol. The van der Waals surface area contributed by atoms with Crippen molar-refractivity contribution in [1.29, 1.82) is 0 Å². The fraction of sp³-hybridized carbons (Fsp3) is 0.412. The van der Waals surface area contributed by atoms with Gasteiger partial charge in [0.15, 0.2) is 0 Å². The van der Waals surface area contributed by atoms with Crippen LogP contribution in [0.5, 0.6) is 0 Å². The summed E-state index contributed by atoms with van der Waals surface area (Å²) < 4.78 is 5.89. The molecule has 0 aliphatic carbocycles. The number of aryl methyl sites for hydroxylation is 1. The van der Waals surface area contributed by atoms with E-state index in [1.54, 1.807) is 12.5 Å². The molecule has 2 aromatic heterocycles. The fourth-order valence-electron chi connectivity index (χ4n) is 4.36. The molecule has 40 heavy (non-hydrogen) atoms. The molecule has 1 saturated heterocycles. The zero-order chi connectivity index (χ0) is 29.4. The van der Waals surface area contributed by atoms with E-state index < -0.39 is 0 Å². The summed E-state index contributed by atoms with van der Waals surface area (Å²) in [6, 6.07) is 19.3. The van der Waals surface area contributed by atoms with Gasteiger partial charge >= 0.3 is 0 Å². The van der Waals surface area contributed by atoms with Crippen molar-refractivity contribution in [3.8, 4) is 22.3 Å². The quantitative estimate of drug-likeness (QED) is 0.272. The van der Waals surface area contributed by atoms with Gasteiger partial charge in [-0.25, -0.2) is 4.98 Å². The Morgan fingerprint density at radius 3 is 2.10 bits per heavy atom. The number of likely N-dealkylation sites (N-methyl/N-ethyl adjacent to an activating group) is 1. The minimum Gasteiger partial charge on any atom is -0.463 e. The van der Waals surface area contributed by atoms with Crippen LogP contribution in [-0.2, 0) is 0 Å². The zero-order valence-electron chi connectivity index (χ0n) is 25.7. The van der Waals surface area contributed by atoms with Crippen LogP contribution in [0.15, 0.2) is 76.3 Å². The Labute approximate surface area is 240 Å². The van der Waals surface area contributed by atoms with E-state index in [1.165, 1.54) is 5.56 Å². The van der Waals surface area contributed by atoms with Gasteiger partial charge in [-0.15, -0.1) is 0 Å². The van der Waals surface area contributed by atoms with Gasteiger partial charge in [-0.1, -0.05) is 49.7 Å². The molecular formula is C34H46N4O2. The molecular weight excluding hydrogens is 496 g/mol. The molecule has 0 amide bonds. The van der Waals surface area contributed by atoms with Crippen LogP contribution in [-0.4, -0.2) is 68.1 Å². The lowest BCUT2D eigenvalue weighted by atomic mass is 10.0. The largest absolute Gasteiger partial charge is 0.463 e. The van der Waals surface area contributed by atoms with Gasteiger partial charge in [-0.05, 0) is 90.8 Å². The summed E-state index contributed by atoms with van der Waals surface area (Å²) in [5.41, 5.74) is 5.21. The third-order valence-electron chi connectivity index (χ3n) is 7.47. The van der Waals surface area contributed by atoms with Gasteiger partial charge in [0.25, 0.3) is 0 Å². The lowest BCUT2D eigenvalue weighted by molar-refractivity contribution is 0.315. The number of fused-ring (bicyclic) bond motifs is 1. The normalized spacial score (nSPS) is 14.8. The average Bonchev–Trinajstić information content (AvgIpc) is 3.46. The molecule has 1 unspecified atom stereocenters. The second-order valence-electron chi connectivity index (χ2n) is 10.9. The molecule has 0 radical (unpaired) electrons. The molecule has 0 N–H and O–H groups in total. The van der Waals surface area contributed by atoms with Gasteiger partial charge in [-0.2, -0.15) is 0 Å². The van der Waals surface area contributed by atoms with E-state index in [2.05, 4.69) is 92.9 Å². The molecule has 0 bridgehead atoms. The van der Waals surface area contributed by atoms with Crippen LogP contribution in [0.1, 0.15) is 39.7 Å². The van der Waals surface area contributed by atoms with Gasteiger partial charge in [0.2, 0.25) is 5.43 Å². The minimum absolute atomic E-state index is 0.0369. The van der Waals surface area contributed by atoms with Crippen molar-refractivity contribution in [3.63, 3.8) is 0 Å². The van der Waals surface area contributed by atoms with Crippen molar-refractivity contribution in [2.75, 3.05) is 46.2 Å². The van der Waals surface area contributed by atoms with Crippen molar-refractivity contribution < 1.29 is 4.42 Å². The van der Waals surface area contributed by atoms with E-state index in [9.17, 15) is 4.79 Å². The molecule has 0 saturated carbocycles. The molecule has 1 fully saturated rings. The van der Waals surface area contributed by atoms with Gasteiger partial charge in [0.05, 0.1) is 10.9 Å². The second kappa shape index (κ2) is 14.2. The van der Waals surface area contributed by atoms with Gasteiger partial charge in [-0.3, -0.25) is 4.79 Å². The molecule has 2 aromatic carbocycles. The first kappa shape index (κ1) is 31.1. The van der Waals surface area contributed by atoms with E-state index in [0.717, 1.165) is 42.0 Å². The van der Waals surface area contributed by atoms with Crippen molar-refractivity contribution in [3.05, 3.63) is 82.8 Å². The van der Waals surface area contributed by atoms with Crippen LogP contribution in [0.2, 0.25) is 0 Å². The fourth-order valence-corrected chi connectivity index (χ4v) is 4.36. The number of hydrogen-bond donors (Lipinski definition) is 0. The molecule has 0 spiro atoms. The molecule has 214 valence electrons. The lowest BCUT2D eigenvalue weighted by Crippen LogP contribution is -2.31. The highest BCUT2D eigenvalue weighted by Crippen LogP contribution is 2.27. The molecule has 5 rings (SSSR count). The summed E-state index contributed by atoms with van der Waals surface area (Å²) in [7, 11) is 8.39. The average molecular weight is 543 g/mol. The third kappa shape index (κ3) is 7.58. The molecule has 1 atom stereocenters. The summed E-state index contributed by atoms with van der Waals surface area (Å²) in [6.45, 7) is 12.4. The number of anilines is 1. The number of pyridine rings is 1. The standard InChI is InChI=1S/C27H27N3O2.C5H13N.C2H6/c1-18-4-6-19(7-5-18)20-8-10-23-25(14-20)32-17-24(27(23)31)21-9-11-26(28-15-21)30-13-12-22(16-30)29(2)3;1-5(2)6(3)4;1-2/h4-11,14-15,17,22H,12-13,16H2,1-3H3;5H,1-4H3;1-2H3. The Kier molecular flexibility index (Phi) is 11.1. The summed E-state index contributed by atoms with van der Waals surface area (Å²) in [5.74, 6) is 0.950. The topological polar surface area (TPSA) is 52.8 Å². The van der Waals surface area contributed by atoms with Crippen LogP contribution < -0.4 is 10.3 Å². The Morgan fingerprint density at radius 1 is 0.925 bits per heavy atom.